The van der Waals surface area contributed by atoms with Crippen LogP contribution < -0.4 is 29.4 Å². The van der Waals surface area contributed by atoms with Crippen LogP contribution in [0.2, 0.25) is 0 Å². The van der Waals surface area contributed by atoms with Gasteiger partial charge in [0.25, 0.3) is 0 Å². The summed E-state index contributed by atoms with van der Waals surface area (Å²) in [7, 11) is 1.03. The van der Waals surface area contributed by atoms with Gasteiger partial charge < -0.3 is 24.7 Å². The Morgan fingerprint density at radius 3 is 1.49 bits per heavy atom. The quantitative estimate of drug-likeness (QED) is 0.0641. The van der Waals surface area contributed by atoms with Crippen LogP contribution in [0.1, 0.15) is 37.8 Å². The molecule has 0 spiro atoms. The lowest BCUT2D eigenvalue weighted by Gasteiger charge is -2.13. The van der Waals surface area contributed by atoms with Crippen molar-refractivity contribution in [1.82, 2.24) is 0 Å². The van der Waals surface area contributed by atoms with Crippen molar-refractivity contribution in [3.05, 3.63) is 95.6 Å². The minimum absolute atomic E-state index is 0.0297. The summed E-state index contributed by atoms with van der Waals surface area (Å²) in [5.74, 6) is 1.24. The average molecular weight is 840 g/mol. The Morgan fingerprint density at radius 1 is 0.642 bits per heavy atom. The van der Waals surface area contributed by atoms with Gasteiger partial charge in [0.2, 0.25) is 19.1 Å². The van der Waals surface area contributed by atoms with Crippen molar-refractivity contribution in [2.45, 2.75) is 39.5 Å². The average Bonchev–Trinajstić information content (AvgIpc) is 3.12. The van der Waals surface area contributed by atoms with E-state index in [1.54, 1.807) is 25.3 Å². The van der Waals surface area contributed by atoms with Crippen molar-refractivity contribution in [3.8, 4) is 34.5 Å². The predicted molar refractivity (Wildman–Crippen MR) is 210 cm³/mol. The number of alkyl halides is 2. The third-order valence-corrected chi connectivity index (χ3v) is 10.1. The molecular weight excluding hydrogens is 797 g/mol. The van der Waals surface area contributed by atoms with Crippen molar-refractivity contribution in [2.24, 2.45) is 0 Å². The highest BCUT2D eigenvalue weighted by molar-refractivity contribution is 8.13. The molecule has 3 N–H and O–H groups in total. The minimum atomic E-state index is -3.57. The van der Waals surface area contributed by atoms with Crippen LogP contribution in [0.25, 0.3) is 0 Å². The van der Waals surface area contributed by atoms with Gasteiger partial charge in [0, 0.05) is 40.3 Å². The summed E-state index contributed by atoms with van der Waals surface area (Å²) < 4.78 is 95.8. The van der Waals surface area contributed by atoms with Gasteiger partial charge in [-0.1, -0.05) is 26.0 Å². The fourth-order valence-electron chi connectivity index (χ4n) is 4.22. The molecule has 292 valence electrons. The highest BCUT2D eigenvalue weighted by Gasteiger charge is 2.15. The van der Waals surface area contributed by atoms with Crippen LogP contribution in [-0.2, 0) is 31.9 Å². The van der Waals surface area contributed by atoms with Crippen molar-refractivity contribution >= 4 is 64.3 Å². The van der Waals surface area contributed by atoms with Gasteiger partial charge in [0.15, 0.2) is 46.1 Å². The second kappa shape index (κ2) is 22.5. The Labute approximate surface area is 324 Å². The molecule has 17 heteroatoms. The number of hydrogen-bond donors (Lipinski definition) is 2. The number of anilines is 2. The molecular formula is C36H43Cl3F2N2O8S2. The normalized spacial score (nSPS) is 11.0. The molecule has 0 saturated carbocycles. The molecule has 0 saturated heterocycles. The number of nitrogens with two attached hydrogens (primary N) is 1. The zero-order valence-electron chi connectivity index (χ0n) is 29.6. The maximum Gasteiger partial charge on any atom is 0.232 e. The van der Waals surface area contributed by atoms with Gasteiger partial charge in [-0.25, -0.2) is 25.6 Å². The second-order valence-electron chi connectivity index (χ2n) is 11.0. The summed E-state index contributed by atoms with van der Waals surface area (Å²) >= 11 is 10.7. The van der Waals surface area contributed by atoms with E-state index in [4.69, 9.17) is 58.6 Å². The molecule has 10 nitrogen and oxygen atoms in total. The SMILES string of the molecule is CCc1ccc(Oc2ccc(N)cc2F)c(OC)c1.CCc1ccc(Oc2ccc(NS(=O)(=O)CCCCl)cc2F)c(OC)c1.O=S(=O)(Cl)CCCCl. The Hall–Kier alpha value is -3.69. The highest BCUT2D eigenvalue weighted by atomic mass is 35.7. The van der Waals surface area contributed by atoms with Crippen LogP contribution in [0.5, 0.6) is 34.5 Å². The van der Waals surface area contributed by atoms with Crippen LogP contribution in [-0.4, -0.2) is 54.3 Å². The van der Waals surface area contributed by atoms with Crippen molar-refractivity contribution in [1.29, 1.82) is 0 Å². The van der Waals surface area contributed by atoms with Crippen LogP contribution in [0.4, 0.5) is 20.2 Å². The molecule has 0 radical (unpaired) electrons. The van der Waals surface area contributed by atoms with E-state index in [1.165, 1.54) is 31.4 Å². The first-order valence-corrected chi connectivity index (χ1v) is 21.4. The summed E-state index contributed by atoms with van der Waals surface area (Å²) in [6, 6.07) is 19.2. The van der Waals surface area contributed by atoms with Crippen molar-refractivity contribution in [3.63, 3.8) is 0 Å². The molecule has 0 heterocycles. The van der Waals surface area contributed by atoms with Gasteiger partial charge in [-0.15, -0.1) is 23.2 Å². The molecule has 0 fully saturated rings. The van der Waals surface area contributed by atoms with E-state index in [-0.39, 0.29) is 34.6 Å². The summed E-state index contributed by atoms with van der Waals surface area (Å²) in [6.07, 6.45) is 2.47. The molecule has 4 aromatic rings. The second-order valence-corrected chi connectivity index (χ2v) is 16.5. The number of rotatable bonds is 16. The molecule has 53 heavy (non-hydrogen) atoms. The number of halogens is 5. The first kappa shape index (κ1) is 45.5. The molecule has 0 atom stereocenters. The van der Waals surface area contributed by atoms with Crippen LogP contribution in [0.3, 0.4) is 0 Å². The van der Waals surface area contributed by atoms with E-state index in [9.17, 15) is 25.6 Å². The molecule has 4 rings (SSSR count). The van der Waals surface area contributed by atoms with E-state index in [1.807, 2.05) is 31.2 Å². The van der Waals surface area contributed by atoms with Crippen LogP contribution in [0.15, 0.2) is 72.8 Å². The van der Waals surface area contributed by atoms with Gasteiger partial charge in [0.1, 0.15) is 0 Å². The molecule has 4 aromatic carbocycles. The van der Waals surface area contributed by atoms with Gasteiger partial charge in [-0.2, -0.15) is 0 Å². The zero-order valence-corrected chi connectivity index (χ0v) is 33.5. The van der Waals surface area contributed by atoms with E-state index in [2.05, 4.69) is 11.6 Å². The minimum Gasteiger partial charge on any atom is -0.493 e. The summed E-state index contributed by atoms with van der Waals surface area (Å²) in [4.78, 5) is 0. The maximum atomic E-state index is 14.3. The number of nitrogen functional groups attached to an aromatic ring is 1. The highest BCUT2D eigenvalue weighted by Crippen LogP contribution is 2.35. The number of methoxy groups -OCH3 is 2. The van der Waals surface area contributed by atoms with Gasteiger partial charge in [-0.3, -0.25) is 4.72 Å². The fraction of sp³-hybridized carbons (Fsp3) is 0.333. The van der Waals surface area contributed by atoms with E-state index < -0.39 is 30.7 Å². The Balaban J connectivity index is 0.000000314. The van der Waals surface area contributed by atoms with Crippen LogP contribution in [0, 0.1) is 11.6 Å². The van der Waals surface area contributed by atoms with Gasteiger partial charge in [0.05, 0.1) is 31.4 Å². The third kappa shape index (κ3) is 16.5. The standard InChI is InChI=1S/C18H21ClFNO4S.C15H16FNO2.C3H6Cl2O2S/c1-3-13-5-7-17(18(11-13)24-2)25-16-8-6-14(12-15(16)20)21-26(22,23)10-4-9-19;1-3-10-4-6-14(15(8-10)18-2)19-13-7-5-11(17)9-12(13)16;4-2-1-3-8(5,6)7/h5-8,11-12,21H,3-4,9-10H2,1-2H3;4-9H,3,17H2,1-2H3;1-3H2. The number of ether oxygens (including phenoxy) is 4. The topological polar surface area (TPSA) is 143 Å². The van der Waals surface area contributed by atoms with Gasteiger partial charge >= 0.3 is 0 Å². The lowest BCUT2D eigenvalue weighted by molar-refractivity contribution is 0.370. The lowest BCUT2D eigenvalue weighted by Crippen LogP contribution is -2.17. The summed E-state index contributed by atoms with van der Waals surface area (Å²) in [5.41, 5.74) is 8.17. The zero-order chi connectivity index (χ0) is 39.6. The predicted octanol–water partition coefficient (Wildman–Crippen LogP) is 9.51. The Bertz CT molecular complexity index is 1990. The van der Waals surface area contributed by atoms with E-state index in [0.29, 0.717) is 47.4 Å². The van der Waals surface area contributed by atoms with Crippen molar-refractivity contribution in [2.75, 3.05) is 47.9 Å². The molecule has 0 aliphatic heterocycles. The molecule has 0 unspecified atom stereocenters. The smallest absolute Gasteiger partial charge is 0.232 e. The third-order valence-electron chi connectivity index (χ3n) is 6.94. The summed E-state index contributed by atoms with van der Waals surface area (Å²) in [6.45, 7) is 4.07. The molecule has 0 amide bonds. The lowest BCUT2D eigenvalue weighted by atomic mass is 10.1. The largest absolute Gasteiger partial charge is 0.493 e. The Kier molecular flexibility index (Phi) is 19.3. The van der Waals surface area contributed by atoms with E-state index >= 15 is 0 Å². The molecule has 0 aliphatic carbocycles. The Morgan fingerprint density at radius 2 is 1.09 bits per heavy atom. The van der Waals surface area contributed by atoms with E-state index in [0.717, 1.165) is 30.0 Å². The number of benzene rings is 4. The fourth-order valence-corrected chi connectivity index (χ4v) is 6.73. The maximum absolute atomic E-state index is 14.3. The molecule has 0 aliphatic rings. The number of aryl methyl sites for hydroxylation is 2. The monoisotopic (exact) mass is 838 g/mol. The summed E-state index contributed by atoms with van der Waals surface area (Å²) in [5, 5.41) is 0. The van der Waals surface area contributed by atoms with Gasteiger partial charge in [-0.05, 0) is 85.3 Å². The number of hydrogen-bond acceptors (Lipinski definition) is 9. The van der Waals surface area contributed by atoms with Crippen LogP contribution >= 0.6 is 33.9 Å². The van der Waals surface area contributed by atoms with Crippen molar-refractivity contribution < 1.29 is 44.6 Å². The first-order valence-electron chi connectivity index (χ1n) is 16.2. The molecule has 0 aromatic heterocycles. The first-order chi connectivity index (χ1) is 25.1. The number of sulfonamides is 1. The molecule has 0 bridgehead atoms. The number of nitrogens with one attached hydrogen (secondary N) is 1.